The van der Waals surface area contributed by atoms with Gasteiger partial charge in [0.15, 0.2) is 5.82 Å². The molecule has 0 N–H and O–H groups in total. The molecule has 20 heavy (non-hydrogen) atoms. The second kappa shape index (κ2) is 5.26. The Hall–Kier alpha value is -1.27. The van der Waals surface area contributed by atoms with Gasteiger partial charge in [0.25, 0.3) is 10.0 Å². The zero-order valence-electron chi connectivity index (χ0n) is 11.9. The Labute approximate surface area is 119 Å². The lowest BCUT2D eigenvalue weighted by atomic mass is 9.83. The average Bonchev–Trinajstić information content (AvgIpc) is 2.38. The van der Waals surface area contributed by atoms with E-state index in [1.165, 1.54) is 22.1 Å². The van der Waals surface area contributed by atoms with Crippen molar-refractivity contribution < 1.29 is 12.8 Å². The van der Waals surface area contributed by atoms with Gasteiger partial charge in [0.05, 0.1) is 0 Å². The van der Waals surface area contributed by atoms with E-state index in [4.69, 9.17) is 0 Å². The molecule has 0 spiro atoms. The number of aromatic nitrogens is 1. The highest BCUT2D eigenvalue weighted by atomic mass is 32.2. The molecule has 4 nitrogen and oxygen atoms in total. The second-order valence-electron chi connectivity index (χ2n) is 5.88. The minimum absolute atomic E-state index is 0.0338. The average molecular weight is 298 g/mol. The van der Waals surface area contributed by atoms with E-state index in [0.29, 0.717) is 13.0 Å². The van der Waals surface area contributed by atoms with Gasteiger partial charge in [0.1, 0.15) is 0 Å². The maximum absolute atomic E-state index is 13.6. The predicted molar refractivity (Wildman–Crippen MR) is 75.1 cm³/mol. The first-order chi connectivity index (χ1) is 9.23. The topological polar surface area (TPSA) is 50.3 Å². The van der Waals surface area contributed by atoms with E-state index in [9.17, 15) is 12.8 Å². The minimum Gasteiger partial charge on any atom is -0.241 e. The molecule has 0 aromatic carbocycles. The molecule has 0 unspecified atom stereocenters. The smallest absolute Gasteiger partial charge is 0.241 e. The lowest BCUT2D eigenvalue weighted by Crippen LogP contribution is -2.37. The Morgan fingerprint density at radius 1 is 1.35 bits per heavy atom. The Morgan fingerprint density at radius 3 is 2.55 bits per heavy atom. The van der Waals surface area contributed by atoms with E-state index >= 15 is 0 Å². The van der Waals surface area contributed by atoms with Crippen molar-refractivity contribution >= 4 is 10.0 Å². The lowest BCUT2D eigenvalue weighted by Gasteiger charge is -2.31. The molecule has 0 saturated carbocycles. The van der Waals surface area contributed by atoms with Crippen molar-refractivity contribution in [3.8, 4) is 0 Å². The van der Waals surface area contributed by atoms with Crippen LogP contribution >= 0.6 is 0 Å². The van der Waals surface area contributed by atoms with Crippen LogP contribution in [0.25, 0.3) is 0 Å². The Kier molecular flexibility index (Phi) is 3.97. The van der Waals surface area contributed by atoms with Crippen LogP contribution in [0.5, 0.6) is 0 Å². The monoisotopic (exact) mass is 298 g/mol. The third-order valence-corrected chi connectivity index (χ3v) is 5.24. The number of hydrogen-bond acceptors (Lipinski definition) is 3. The standard InChI is InChI=1S/C14H19FN2O2S/c1-14(2,3)11-6-9-17(10-7-11)20(18,19)13-12(15)5-4-8-16-13/h4-6,8H,7,9-10H2,1-3H3. The number of halogens is 1. The maximum Gasteiger partial charge on any atom is 0.263 e. The molecule has 1 aliphatic heterocycles. The van der Waals surface area contributed by atoms with Gasteiger partial charge in [-0.25, -0.2) is 17.8 Å². The molecule has 110 valence electrons. The summed E-state index contributed by atoms with van der Waals surface area (Å²) in [6.07, 6.45) is 3.87. The molecule has 0 bridgehead atoms. The maximum atomic E-state index is 13.6. The lowest BCUT2D eigenvalue weighted by molar-refractivity contribution is 0.386. The molecule has 0 atom stereocenters. The zero-order valence-corrected chi connectivity index (χ0v) is 12.7. The van der Waals surface area contributed by atoms with Gasteiger partial charge in [-0.05, 0) is 24.0 Å². The van der Waals surface area contributed by atoms with E-state index in [-0.39, 0.29) is 12.0 Å². The van der Waals surface area contributed by atoms with Crippen LogP contribution in [0.1, 0.15) is 27.2 Å². The summed E-state index contributed by atoms with van der Waals surface area (Å²) in [5.74, 6) is -0.807. The van der Waals surface area contributed by atoms with Crippen LogP contribution in [0.2, 0.25) is 0 Å². The first-order valence-electron chi connectivity index (χ1n) is 6.53. The third kappa shape index (κ3) is 2.91. The van der Waals surface area contributed by atoms with E-state index < -0.39 is 20.9 Å². The highest BCUT2D eigenvalue weighted by Gasteiger charge is 2.31. The summed E-state index contributed by atoms with van der Waals surface area (Å²) in [5, 5.41) is -0.493. The van der Waals surface area contributed by atoms with Gasteiger partial charge in [-0.1, -0.05) is 32.4 Å². The minimum atomic E-state index is -3.86. The van der Waals surface area contributed by atoms with Gasteiger partial charge in [0.2, 0.25) is 5.03 Å². The van der Waals surface area contributed by atoms with Crippen LogP contribution in [0.15, 0.2) is 35.0 Å². The van der Waals surface area contributed by atoms with E-state index in [1.54, 1.807) is 0 Å². The first-order valence-corrected chi connectivity index (χ1v) is 7.97. The van der Waals surface area contributed by atoms with E-state index in [1.807, 2.05) is 6.08 Å². The highest BCUT2D eigenvalue weighted by Crippen LogP contribution is 2.31. The van der Waals surface area contributed by atoms with Gasteiger partial charge in [-0.3, -0.25) is 0 Å². The summed E-state index contributed by atoms with van der Waals surface area (Å²) in [7, 11) is -3.86. The van der Waals surface area contributed by atoms with Crippen molar-refractivity contribution in [3.05, 3.63) is 35.8 Å². The number of nitrogens with zero attached hydrogens (tertiary/aromatic N) is 2. The fraction of sp³-hybridized carbons (Fsp3) is 0.500. The van der Waals surface area contributed by atoms with Crippen LogP contribution in [0.3, 0.4) is 0 Å². The largest absolute Gasteiger partial charge is 0.263 e. The molecule has 6 heteroatoms. The van der Waals surface area contributed by atoms with Crippen LogP contribution in [0.4, 0.5) is 4.39 Å². The fourth-order valence-electron chi connectivity index (χ4n) is 2.23. The van der Waals surface area contributed by atoms with Crippen LogP contribution in [-0.2, 0) is 10.0 Å². The van der Waals surface area contributed by atoms with Gasteiger partial charge in [-0.15, -0.1) is 0 Å². The van der Waals surface area contributed by atoms with Crippen LogP contribution in [-0.4, -0.2) is 30.8 Å². The van der Waals surface area contributed by atoms with Gasteiger partial charge >= 0.3 is 0 Å². The number of pyridine rings is 1. The molecule has 2 heterocycles. The first kappa shape index (κ1) is 15.1. The number of hydrogen-bond donors (Lipinski definition) is 0. The summed E-state index contributed by atoms with van der Waals surface area (Å²) in [6, 6.07) is 2.49. The van der Waals surface area contributed by atoms with Gasteiger partial charge in [-0.2, -0.15) is 4.31 Å². The van der Waals surface area contributed by atoms with E-state index in [2.05, 4.69) is 25.8 Å². The van der Waals surface area contributed by atoms with Crippen LogP contribution in [0, 0.1) is 11.2 Å². The fourth-order valence-corrected chi connectivity index (χ4v) is 3.59. The molecular formula is C14H19FN2O2S. The number of sulfonamides is 1. The van der Waals surface area contributed by atoms with Crippen molar-refractivity contribution in [2.75, 3.05) is 13.1 Å². The van der Waals surface area contributed by atoms with Crippen molar-refractivity contribution in [2.24, 2.45) is 5.41 Å². The van der Waals surface area contributed by atoms with Crippen LogP contribution < -0.4 is 0 Å². The normalized spacial score (nSPS) is 17.9. The molecule has 0 aliphatic carbocycles. The predicted octanol–water partition coefficient (Wildman–Crippen LogP) is 2.59. The Balaban J connectivity index is 2.27. The Morgan fingerprint density at radius 2 is 2.05 bits per heavy atom. The Bertz CT molecular complexity index is 633. The highest BCUT2D eigenvalue weighted by molar-refractivity contribution is 7.89. The van der Waals surface area contributed by atoms with E-state index in [0.717, 1.165) is 6.07 Å². The quantitative estimate of drug-likeness (QED) is 0.789. The molecule has 0 amide bonds. The summed E-state index contributed by atoms with van der Waals surface area (Å²) >= 11 is 0. The summed E-state index contributed by atoms with van der Waals surface area (Å²) < 4.78 is 39.6. The molecule has 2 rings (SSSR count). The molecule has 0 saturated heterocycles. The zero-order chi connectivity index (χ0) is 15.0. The third-order valence-electron chi connectivity index (χ3n) is 3.44. The van der Waals surface area contributed by atoms with Crippen molar-refractivity contribution in [2.45, 2.75) is 32.2 Å². The molecule has 0 radical (unpaired) electrons. The molecule has 0 fully saturated rings. The molecular weight excluding hydrogens is 279 g/mol. The van der Waals surface area contributed by atoms with Crippen molar-refractivity contribution in [3.63, 3.8) is 0 Å². The summed E-state index contributed by atoms with van der Waals surface area (Å²) in [5.41, 5.74) is 1.26. The van der Waals surface area contributed by atoms with Gasteiger partial charge in [0, 0.05) is 19.3 Å². The van der Waals surface area contributed by atoms with Crippen molar-refractivity contribution in [1.29, 1.82) is 0 Å². The molecule has 1 aromatic rings. The summed E-state index contributed by atoms with van der Waals surface area (Å²) in [6.45, 7) is 6.93. The second-order valence-corrected chi connectivity index (χ2v) is 7.74. The molecule has 1 aliphatic rings. The van der Waals surface area contributed by atoms with Crippen molar-refractivity contribution in [1.82, 2.24) is 9.29 Å². The SMILES string of the molecule is CC(C)(C)C1=CCN(S(=O)(=O)c2ncccc2F)CC1. The number of rotatable bonds is 2. The van der Waals surface area contributed by atoms with Gasteiger partial charge < -0.3 is 0 Å². The molecule has 1 aromatic heterocycles. The summed E-state index contributed by atoms with van der Waals surface area (Å²) in [4.78, 5) is 3.67.